The van der Waals surface area contributed by atoms with Crippen molar-refractivity contribution >= 4 is 45.4 Å². The van der Waals surface area contributed by atoms with Crippen LogP contribution in [0.15, 0.2) is 36.8 Å². The zero-order valence-corrected chi connectivity index (χ0v) is 20.9. The highest BCUT2D eigenvalue weighted by Crippen LogP contribution is 2.38. The molecule has 0 atom stereocenters. The number of hydrogen-bond donors (Lipinski definition) is 2. The number of rotatable bonds is 5. The third-order valence-corrected chi connectivity index (χ3v) is 7.68. The number of aliphatic hydroxyl groups excluding tert-OH is 1. The maximum absolute atomic E-state index is 11.7. The number of carbonyl (C=O) groups is 1. The van der Waals surface area contributed by atoms with Crippen molar-refractivity contribution in [2.45, 2.75) is 38.6 Å². The molecule has 37 heavy (non-hydrogen) atoms. The molecule has 11 heteroatoms. The number of aliphatic hydroxyl groups is 1. The van der Waals surface area contributed by atoms with Crippen molar-refractivity contribution in [3.63, 3.8) is 0 Å². The molecule has 4 aromatic rings. The van der Waals surface area contributed by atoms with Crippen molar-refractivity contribution in [2.75, 3.05) is 43.0 Å². The maximum atomic E-state index is 11.7. The Hall–Kier alpha value is -3.86. The number of piperazine rings is 1. The average Bonchev–Trinajstić information content (AvgIpc) is 3.27. The molecule has 1 amide bonds. The molecular weight excluding hydrogens is 470 g/mol. The lowest BCUT2D eigenvalue weighted by molar-refractivity contribution is -0.134. The van der Waals surface area contributed by atoms with Crippen molar-refractivity contribution in [3.05, 3.63) is 36.8 Å². The molecule has 4 aromatic heterocycles. The molecule has 0 spiro atoms. The molecule has 5 heterocycles. The summed E-state index contributed by atoms with van der Waals surface area (Å²) >= 11 is 0. The summed E-state index contributed by atoms with van der Waals surface area (Å²) in [7, 11) is 0. The molecule has 1 saturated heterocycles. The Morgan fingerprint density at radius 1 is 1.03 bits per heavy atom. The molecule has 192 valence electrons. The van der Waals surface area contributed by atoms with Crippen molar-refractivity contribution in [1.82, 2.24) is 34.6 Å². The van der Waals surface area contributed by atoms with Gasteiger partial charge in [0.25, 0.3) is 0 Å². The van der Waals surface area contributed by atoms with Crippen LogP contribution >= 0.6 is 0 Å². The van der Waals surface area contributed by atoms with Crippen LogP contribution < -0.4 is 10.2 Å². The number of hydrogen-bond acceptors (Lipinski definition) is 9. The smallest absolute Gasteiger partial charge is 0.248 e. The normalized spacial score (nSPS) is 20.5. The minimum absolute atomic E-state index is 0.240. The Morgan fingerprint density at radius 3 is 2.57 bits per heavy atom. The summed E-state index contributed by atoms with van der Waals surface area (Å²) in [5.41, 5.74) is 2.02. The van der Waals surface area contributed by atoms with Gasteiger partial charge < -0.3 is 24.8 Å². The highest BCUT2D eigenvalue weighted by molar-refractivity contribution is 6.06. The van der Waals surface area contributed by atoms with E-state index in [-0.39, 0.29) is 5.91 Å². The van der Waals surface area contributed by atoms with Crippen LogP contribution in [0.2, 0.25) is 0 Å². The lowest BCUT2D eigenvalue weighted by atomic mass is 9.87. The van der Waals surface area contributed by atoms with E-state index in [1.165, 1.54) is 12.8 Å². The topological polar surface area (TPSA) is 125 Å². The standard InChI is InChI=1S/C26H31N9O2/c1-17-2-4-18(5-3-17)35-21-15-27-9-8-19(21)20-14-28-26(30-25(20)35)29-22-6-7-23(32-31-22)33-10-12-34(13-11-33)24(37)16-36/h6-9,14-15,17-18,36H,2-5,10-13,16H2,1H3,(H,28,29,30,31). The largest absolute Gasteiger partial charge is 0.387 e. The van der Waals surface area contributed by atoms with E-state index in [0.717, 1.165) is 46.5 Å². The fraction of sp³-hybridized carbons (Fsp3) is 0.462. The van der Waals surface area contributed by atoms with E-state index in [9.17, 15) is 4.79 Å². The number of amides is 1. The van der Waals surface area contributed by atoms with E-state index in [1.807, 2.05) is 36.8 Å². The molecule has 0 unspecified atom stereocenters. The highest BCUT2D eigenvalue weighted by Gasteiger charge is 2.25. The van der Waals surface area contributed by atoms with Gasteiger partial charge in [-0.2, -0.15) is 4.98 Å². The lowest BCUT2D eigenvalue weighted by Crippen LogP contribution is -2.49. The van der Waals surface area contributed by atoms with Crippen LogP contribution in [-0.2, 0) is 4.79 Å². The summed E-state index contributed by atoms with van der Waals surface area (Å²) in [5, 5.41) is 23.1. The van der Waals surface area contributed by atoms with Gasteiger partial charge in [-0.15, -0.1) is 10.2 Å². The van der Waals surface area contributed by atoms with E-state index in [2.05, 4.69) is 41.9 Å². The Labute approximate surface area is 214 Å². The van der Waals surface area contributed by atoms with Crippen LogP contribution in [0.25, 0.3) is 21.9 Å². The first kappa shape index (κ1) is 23.5. The quantitative estimate of drug-likeness (QED) is 0.425. The highest BCUT2D eigenvalue weighted by atomic mass is 16.3. The number of carbonyl (C=O) groups excluding carboxylic acids is 1. The molecule has 1 saturated carbocycles. The van der Waals surface area contributed by atoms with E-state index in [1.54, 1.807) is 4.90 Å². The Bertz CT molecular complexity index is 1410. The fourth-order valence-corrected chi connectivity index (χ4v) is 5.56. The molecule has 1 aliphatic heterocycles. The Morgan fingerprint density at radius 2 is 1.84 bits per heavy atom. The molecule has 0 aromatic carbocycles. The number of nitrogens with one attached hydrogen (secondary N) is 1. The molecule has 2 N–H and O–H groups in total. The van der Waals surface area contributed by atoms with Crippen molar-refractivity contribution in [1.29, 1.82) is 0 Å². The predicted molar refractivity (Wildman–Crippen MR) is 141 cm³/mol. The first-order chi connectivity index (χ1) is 18.1. The van der Waals surface area contributed by atoms with Gasteiger partial charge in [-0.1, -0.05) is 6.92 Å². The summed E-state index contributed by atoms with van der Waals surface area (Å²) in [6.07, 6.45) is 10.3. The first-order valence-corrected chi connectivity index (χ1v) is 13.0. The van der Waals surface area contributed by atoms with Gasteiger partial charge in [0.2, 0.25) is 11.9 Å². The molecule has 11 nitrogen and oxygen atoms in total. The molecule has 2 fully saturated rings. The lowest BCUT2D eigenvalue weighted by Gasteiger charge is -2.34. The predicted octanol–water partition coefficient (Wildman–Crippen LogP) is 2.91. The number of nitrogens with zero attached hydrogens (tertiary/aromatic N) is 8. The molecule has 2 aliphatic rings. The third-order valence-electron chi connectivity index (χ3n) is 7.68. The monoisotopic (exact) mass is 501 g/mol. The molecule has 0 bridgehead atoms. The number of fused-ring (bicyclic) bond motifs is 3. The van der Waals surface area contributed by atoms with Crippen LogP contribution in [0.5, 0.6) is 0 Å². The van der Waals surface area contributed by atoms with Crippen LogP contribution in [0.1, 0.15) is 38.6 Å². The van der Waals surface area contributed by atoms with Gasteiger partial charge in [0, 0.05) is 55.4 Å². The number of pyridine rings is 1. The van der Waals surface area contributed by atoms with Gasteiger partial charge in [-0.3, -0.25) is 9.78 Å². The summed E-state index contributed by atoms with van der Waals surface area (Å²) in [6.45, 7) is 4.28. The minimum Gasteiger partial charge on any atom is -0.387 e. The summed E-state index contributed by atoms with van der Waals surface area (Å²) < 4.78 is 2.35. The van der Waals surface area contributed by atoms with Gasteiger partial charge in [-0.25, -0.2) is 4.98 Å². The van der Waals surface area contributed by atoms with Gasteiger partial charge >= 0.3 is 0 Å². The third kappa shape index (κ3) is 4.55. The first-order valence-electron chi connectivity index (χ1n) is 13.0. The van der Waals surface area contributed by atoms with Crippen molar-refractivity contribution < 1.29 is 9.90 Å². The van der Waals surface area contributed by atoms with Crippen LogP contribution in [0.3, 0.4) is 0 Å². The van der Waals surface area contributed by atoms with Crippen LogP contribution in [-0.4, -0.2) is 78.4 Å². The van der Waals surface area contributed by atoms with Gasteiger partial charge in [-0.05, 0) is 49.8 Å². The van der Waals surface area contributed by atoms with Crippen molar-refractivity contribution in [3.8, 4) is 0 Å². The zero-order chi connectivity index (χ0) is 25.4. The molecular formula is C26H31N9O2. The van der Waals surface area contributed by atoms with Crippen molar-refractivity contribution in [2.24, 2.45) is 5.92 Å². The molecule has 1 aliphatic carbocycles. The number of anilines is 3. The van der Waals surface area contributed by atoms with Gasteiger partial charge in [0.1, 0.15) is 12.3 Å². The SMILES string of the molecule is CC1CCC(n2c3cnccc3c3cnc(Nc4ccc(N5CCN(C(=O)CO)CC5)nn4)nc32)CC1. The van der Waals surface area contributed by atoms with E-state index >= 15 is 0 Å². The van der Waals surface area contributed by atoms with Gasteiger partial charge in [0.05, 0.1) is 11.7 Å². The second-order valence-corrected chi connectivity index (χ2v) is 10.0. The van der Waals surface area contributed by atoms with Gasteiger partial charge in [0.15, 0.2) is 11.6 Å². The summed E-state index contributed by atoms with van der Waals surface area (Å²) in [4.78, 5) is 29.3. The number of aromatic nitrogens is 6. The fourth-order valence-electron chi connectivity index (χ4n) is 5.56. The second kappa shape index (κ2) is 9.89. The molecule has 0 radical (unpaired) electrons. The maximum Gasteiger partial charge on any atom is 0.248 e. The van der Waals surface area contributed by atoms with Crippen LogP contribution in [0.4, 0.5) is 17.6 Å². The van der Waals surface area contributed by atoms with E-state index in [4.69, 9.17) is 10.1 Å². The Balaban J connectivity index is 1.23. The average molecular weight is 502 g/mol. The summed E-state index contributed by atoms with van der Waals surface area (Å²) in [5.74, 6) is 2.32. The Kier molecular flexibility index (Phi) is 6.29. The zero-order valence-electron chi connectivity index (χ0n) is 20.9. The van der Waals surface area contributed by atoms with Crippen LogP contribution in [0, 0.1) is 5.92 Å². The second-order valence-electron chi connectivity index (χ2n) is 10.0. The van der Waals surface area contributed by atoms with E-state index in [0.29, 0.717) is 44.0 Å². The van der Waals surface area contributed by atoms with E-state index < -0.39 is 6.61 Å². The molecule has 6 rings (SSSR count). The summed E-state index contributed by atoms with van der Waals surface area (Å²) in [6, 6.07) is 6.21. The minimum atomic E-state index is -0.453.